The summed E-state index contributed by atoms with van der Waals surface area (Å²) >= 11 is 0. The van der Waals surface area contributed by atoms with Crippen LogP contribution in [0.2, 0.25) is 0 Å². The molecule has 0 unspecified atom stereocenters. The third kappa shape index (κ3) is 3.78. The quantitative estimate of drug-likeness (QED) is 0.756. The van der Waals surface area contributed by atoms with Gasteiger partial charge in [0.25, 0.3) is 0 Å². The van der Waals surface area contributed by atoms with Crippen LogP contribution < -0.4 is 0 Å². The molecular weight excluding hydrogens is 238 g/mol. The summed E-state index contributed by atoms with van der Waals surface area (Å²) in [5.74, 6) is 3.29. The van der Waals surface area contributed by atoms with Crippen LogP contribution in [0.3, 0.4) is 0 Å². The molecule has 0 atom stereocenters. The minimum atomic E-state index is 0.588. The summed E-state index contributed by atoms with van der Waals surface area (Å²) in [5, 5.41) is 4.06. The molecule has 0 aliphatic heterocycles. The maximum absolute atomic E-state index is 5.31. The molecule has 4 heteroatoms. The van der Waals surface area contributed by atoms with E-state index in [4.69, 9.17) is 4.52 Å². The van der Waals surface area contributed by atoms with Crippen LogP contribution in [0.1, 0.15) is 69.0 Å². The van der Waals surface area contributed by atoms with Gasteiger partial charge in [-0.25, -0.2) is 0 Å². The molecule has 0 saturated heterocycles. The Morgan fingerprint density at radius 3 is 2.74 bits per heavy atom. The van der Waals surface area contributed by atoms with Crippen LogP contribution in [-0.2, 0) is 6.54 Å². The van der Waals surface area contributed by atoms with Crippen molar-refractivity contribution >= 4 is 0 Å². The smallest absolute Gasteiger partial charge is 0.240 e. The number of hydrogen-bond acceptors (Lipinski definition) is 4. The molecule has 0 N–H and O–H groups in total. The first-order chi connectivity index (χ1) is 9.31. The molecule has 1 aromatic rings. The second kappa shape index (κ2) is 6.04. The molecule has 2 saturated carbocycles. The molecule has 2 fully saturated rings. The normalized spacial score (nSPS) is 20.5. The lowest BCUT2D eigenvalue weighted by Gasteiger charge is -2.15. The molecule has 106 valence electrons. The zero-order valence-electron chi connectivity index (χ0n) is 12.0. The summed E-state index contributed by atoms with van der Waals surface area (Å²) in [5.41, 5.74) is 0. The molecule has 0 amide bonds. The van der Waals surface area contributed by atoms with Crippen molar-refractivity contribution in [1.29, 1.82) is 0 Å². The lowest BCUT2D eigenvalue weighted by atomic mass is 10.0. The van der Waals surface area contributed by atoms with E-state index < -0.39 is 0 Å². The van der Waals surface area contributed by atoms with Crippen LogP contribution in [0.5, 0.6) is 0 Å². The Morgan fingerprint density at radius 1 is 1.21 bits per heavy atom. The predicted octanol–water partition coefficient (Wildman–Crippen LogP) is 3.35. The minimum Gasteiger partial charge on any atom is -0.338 e. The van der Waals surface area contributed by atoms with Crippen molar-refractivity contribution in [2.24, 2.45) is 5.92 Å². The van der Waals surface area contributed by atoms with Gasteiger partial charge in [-0.05, 0) is 45.2 Å². The van der Waals surface area contributed by atoms with Crippen LogP contribution in [0, 0.1) is 5.92 Å². The van der Waals surface area contributed by atoms with E-state index in [1.165, 1.54) is 51.4 Å². The molecule has 19 heavy (non-hydrogen) atoms. The molecule has 3 rings (SSSR count). The van der Waals surface area contributed by atoms with Crippen molar-refractivity contribution in [3.63, 3.8) is 0 Å². The van der Waals surface area contributed by atoms with Crippen LogP contribution in [0.15, 0.2) is 4.52 Å². The first-order valence-corrected chi connectivity index (χ1v) is 7.82. The van der Waals surface area contributed by atoms with Crippen molar-refractivity contribution in [3.8, 4) is 0 Å². The van der Waals surface area contributed by atoms with E-state index >= 15 is 0 Å². The molecule has 2 aliphatic rings. The van der Waals surface area contributed by atoms with E-state index in [9.17, 15) is 0 Å². The van der Waals surface area contributed by atoms with Gasteiger partial charge in [-0.2, -0.15) is 4.98 Å². The number of nitrogens with zero attached hydrogens (tertiary/aromatic N) is 3. The molecule has 1 heterocycles. The first kappa shape index (κ1) is 13.1. The Labute approximate surface area is 115 Å². The van der Waals surface area contributed by atoms with Crippen LogP contribution >= 0.6 is 0 Å². The van der Waals surface area contributed by atoms with Crippen molar-refractivity contribution < 1.29 is 4.52 Å². The summed E-state index contributed by atoms with van der Waals surface area (Å²) in [6, 6.07) is 0. The van der Waals surface area contributed by atoms with Gasteiger partial charge in [-0.15, -0.1) is 0 Å². The van der Waals surface area contributed by atoms with E-state index in [1.807, 2.05) is 0 Å². The highest BCUT2D eigenvalue weighted by molar-refractivity contribution is 5.03. The monoisotopic (exact) mass is 263 g/mol. The molecule has 2 aliphatic carbocycles. The van der Waals surface area contributed by atoms with Crippen molar-refractivity contribution in [3.05, 3.63) is 11.7 Å². The third-order valence-corrected chi connectivity index (χ3v) is 4.46. The van der Waals surface area contributed by atoms with E-state index in [0.29, 0.717) is 5.92 Å². The maximum Gasteiger partial charge on any atom is 0.240 e. The summed E-state index contributed by atoms with van der Waals surface area (Å²) < 4.78 is 5.31. The molecule has 0 spiro atoms. The SMILES string of the molecule is CN(CCCC1CCCC1)Cc1nc(C2CC2)no1. The summed E-state index contributed by atoms with van der Waals surface area (Å²) in [6.07, 6.45) is 11.0. The fourth-order valence-electron chi connectivity index (χ4n) is 3.10. The van der Waals surface area contributed by atoms with Gasteiger partial charge >= 0.3 is 0 Å². The zero-order chi connectivity index (χ0) is 13.1. The Balaban J connectivity index is 1.36. The Hall–Kier alpha value is -0.900. The Bertz CT molecular complexity index is 394. The van der Waals surface area contributed by atoms with E-state index in [0.717, 1.165) is 30.7 Å². The third-order valence-electron chi connectivity index (χ3n) is 4.46. The number of hydrogen-bond donors (Lipinski definition) is 0. The molecule has 0 bridgehead atoms. The van der Waals surface area contributed by atoms with Gasteiger partial charge in [0.15, 0.2) is 5.82 Å². The summed E-state index contributed by atoms with van der Waals surface area (Å²) in [4.78, 5) is 6.78. The minimum absolute atomic E-state index is 0.588. The topological polar surface area (TPSA) is 42.2 Å². The molecule has 0 radical (unpaired) electrons. The average Bonchev–Trinajstić information content (AvgIpc) is 2.92. The highest BCUT2D eigenvalue weighted by atomic mass is 16.5. The Morgan fingerprint density at radius 2 is 2.00 bits per heavy atom. The molecular formula is C15H25N3O. The predicted molar refractivity (Wildman–Crippen MR) is 73.8 cm³/mol. The largest absolute Gasteiger partial charge is 0.338 e. The van der Waals surface area contributed by atoms with Gasteiger partial charge in [0.05, 0.1) is 6.54 Å². The van der Waals surface area contributed by atoms with Gasteiger partial charge < -0.3 is 4.52 Å². The average molecular weight is 263 g/mol. The van der Waals surface area contributed by atoms with E-state index in [-0.39, 0.29) is 0 Å². The van der Waals surface area contributed by atoms with Crippen molar-refractivity contribution in [2.45, 2.75) is 63.8 Å². The molecule has 4 nitrogen and oxygen atoms in total. The van der Waals surface area contributed by atoms with Crippen molar-refractivity contribution in [1.82, 2.24) is 15.0 Å². The molecule has 0 aromatic carbocycles. The lowest BCUT2D eigenvalue weighted by molar-refractivity contribution is 0.257. The van der Waals surface area contributed by atoms with Crippen LogP contribution in [-0.4, -0.2) is 28.6 Å². The zero-order valence-corrected chi connectivity index (χ0v) is 12.0. The highest BCUT2D eigenvalue weighted by Gasteiger charge is 2.28. The number of rotatable bonds is 7. The van der Waals surface area contributed by atoms with Gasteiger partial charge in [-0.3, -0.25) is 4.90 Å². The van der Waals surface area contributed by atoms with Crippen LogP contribution in [0.4, 0.5) is 0 Å². The molecule has 1 aromatic heterocycles. The second-order valence-corrected chi connectivity index (χ2v) is 6.35. The van der Waals surface area contributed by atoms with E-state index in [2.05, 4.69) is 22.1 Å². The second-order valence-electron chi connectivity index (χ2n) is 6.35. The standard InChI is InChI=1S/C15H25N3O/c1-18(10-4-7-12-5-2-3-6-12)11-14-16-15(17-19-14)13-8-9-13/h12-13H,2-11H2,1H3. The van der Waals surface area contributed by atoms with Crippen molar-refractivity contribution in [2.75, 3.05) is 13.6 Å². The van der Waals surface area contributed by atoms with Gasteiger partial charge in [0.2, 0.25) is 5.89 Å². The lowest BCUT2D eigenvalue weighted by Crippen LogP contribution is -2.19. The Kier molecular flexibility index (Phi) is 4.16. The van der Waals surface area contributed by atoms with Crippen LogP contribution in [0.25, 0.3) is 0 Å². The maximum atomic E-state index is 5.31. The number of aromatic nitrogens is 2. The fraction of sp³-hybridized carbons (Fsp3) is 0.867. The van der Waals surface area contributed by atoms with Gasteiger partial charge in [-0.1, -0.05) is 30.8 Å². The van der Waals surface area contributed by atoms with E-state index in [1.54, 1.807) is 0 Å². The summed E-state index contributed by atoms with van der Waals surface area (Å²) in [7, 11) is 2.15. The van der Waals surface area contributed by atoms with Gasteiger partial charge in [0, 0.05) is 5.92 Å². The summed E-state index contributed by atoms with van der Waals surface area (Å²) in [6.45, 7) is 1.93. The highest BCUT2D eigenvalue weighted by Crippen LogP contribution is 2.38. The van der Waals surface area contributed by atoms with Gasteiger partial charge in [0.1, 0.15) is 0 Å². The fourth-order valence-corrected chi connectivity index (χ4v) is 3.10. The first-order valence-electron chi connectivity index (χ1n) is 7.82.